The highest BCUT2D eigenvalue weighted by atomic mass is 16.4. The fraction of sp³-hybridized carbons (Fsp3) is 0.148. The molecule has 1 aromatic heterocycles. The maximum absolute atomic E-state index is 11.0. The molecule has 0 aliphatic carbocycles. The molecule has 1 atom stereocenters. The number of aromatic nitrogens is 2. The van der Waals surface area contributed by atoms with Crippen LogP contribution in [-0.4, -0.2) is 34.1 Å². The van der Waals surface area contributed by atoms with Gasteiger partial charge in [-0.1, -0.05) is 66.7 Å². The summed E-state index contributed by atoms with van der Waals surface area (Å²) in [5, 5.41) is 8.98. The van der Waals surface area contributed by atoms with E-state index >= 15 is 0 Å². The van der Waals surface area contributed by atoms with Gasteiger partial charge >= 0.3 is 5.97 Å². The Bertz CT molecular complexity index is 1240. The van der Waals surface area contributed by atoms with Gasteiger partial charge in [-0.25, -0.2) is 4.98 Å². The molecule has 0 saturated carbocycles. The van der Waals surface area contributed by atoms with E-state index in [1.807, 2.05) is 54.4 Å². The number of rotatable bonds is 7. The Hall–Kier alpha value is -4.03. The molecule has 33 heavy (non-hydrogen) atoms. The highest BCUT2D eigenvalue weighted by Gasteiger charge is 2.14. The average molecular weight is 439 g/mol. The maximum atomic E-state index is 11.0. The molecule has 0 saturated heterocycles. The van der Waals surface area contributed by atoms with Crippen molar-refractivity contribution in [1.82, 2.24) is 9.97 Å². The van der Waals surface area contributed by atoms with Crippen LogP contribution in [0.4, 0.5) is 11.5 Å². The van der Waals surface area contributed by atoms with Crippen molar-refractivity contribution in [2.24, 2.45) is 5.73 Å². The third-order valence-corrected chi connectivity index (χ3v) is 5.60. The average Bonchev–Trinajstić information content (AvgIpc) is 2.84. The van der Waals surface area contributed by atoms with Gasteiger partial charge in [0, 0.05) is 18.2 Å². The molecule has 0 unspecified atom stereocenters. The summed E-state index contributed by atoms with van der Waals surface area (Å²) in [7, 11) is 1.99. The minimum Gasteiger partial charge on any atom is -0.480 e. The summed E-state index contributed by atoms with van der Waals surface area (Å²) in [4.78, 5) is 22.3. The number of benzene rings is 3. The summed E-state index contributed by atoms with van der Waals surface area (Å²) >= 11 is 0. The minimum atomic E-state index is -1.01. The summed E-state index contributed by atoms with van der Waals surface area (Å²) in [6, 6.07) is 23.3. The normalized spacial score (nSPS) is 11.7. The van der Waals surface area contributed by atoms with Crippen LogP contribution < -0.4 is 10.6 Å². The van der Waals surface area contributed by atoms with E-state index in [1.54, 1.807) is 12.4 Å². The number of aryl methyl sites for hydroxylation is 1. The first-order chi connectivity index (χ1) is 15.9. The third kappa shape index (κ3) is 5.07. The molecule has 1 heterocycles. The molecular formula is C27H26N4O2. The van der Waals surface area contributed by atoms with Crippen LogP contribution in [0.15, 0.2) is 85.2 Å². The fourth-order valence-electron chi connectivity index (χ4n) is 3.70. The van der Waals surface area contributed by atoms with E-state index in [4.69, 9.17) is 10.8 Å². The smallest absolute Gasteiger partial charge is 0.320 e. The first-order valence-corrected chi connectivity index (χ1v) is 10.7. The van der Waals surface area contributed by atoms with Crippen LogP contribution in [0.25, 0.3) is 22.4 Å². The number of hydrogen-bond acceptors (Lipinski definition) is 5. The Kier molecular flexibility index (Phi) is 6.47. The number of aliphatic carboxylic acids is 1. The molecule has 0 aliphatic heterocycles. The van der Waals surface area contributed by atoms with Gasteiger partial charge in [-0.15, -0.1) is 0 Å². The van der Waals surface area contributed by atoms with E-state index in [0.29, 0.717) is 0 Å². The molecule has 3 aromatic carbocycles. The molecule has 6 heteroatoms. The van der Waals surface area contributed by atoms with Crippen molar-refractivity contribution in [2.45, 2.75) is 19.4 Å². The quantitative estimate of drug-likeness (QED) is 0.429. The van der Waals surface area contributed by atoms with E-state index in [0.717, 1.165) is 39.5 Å². The largest absolute Gasteiger partial charge is 0.480 e. The first-order valence-electron chi connectivity index (χ1n) is 10.7. The molecule has 0 fully saturated rings. The zero-order chi connectivity index (χ0) is 23.4. The van der Waals surface area contributed by atoms with E-state index in [1.165, 1.54) is 5.56 Å². The summed E-state index contributed by atoms with van der Waals surface area (Å²) < 4.78 is 0. The second-order valence-corrected chi connectivity index (χ2v) is 8.05. The topological polar surface area (TPSA) is 92.3 Å². The fourth-order valence-corrected chi connectivity index (χ4v) is 3.70. The molecule has 6 nitrogen and oxygen atoms in total. The van der Waals surface area contributed by atoms with E-state index in [-0.39, 0.29) is 6.42 Å². The van der Waals surface area contributed by atoms with Gasteiger partial charge in [-0.05, 0) is 36.1 Å². The van der Waals surface area contributed by atoms with Crippen molar-refractivity contribution in [3.63, 3.8) is 0 Å². The summed E-state index contributed by atoms with van der Waals surface area (Å²) in [5.74, 6) is -0.265. The van der Waals surface area contributed by atoms with Gasteiger partial charge in [-0.2, -0.15) is 0 Å². The number of anilines is 2. The van der Waals surface area contributed by atoms with Gasteiger partial charge in [0.15, 0.2) is 5.82 Å². The third-order valence-electron chi connectivity index (χ3n) is 5.60. The van der Waals surface area contributed by atoms with Gasteiger partial charge in [0.05, 0.1) is 23.8 Å². The zero-order valence-corrected chi connectivity index (χ0v) is 18.6. The van der Waals surface area contributed by atoms with Crippen molar-refractivity contribution in [1.29, 1.82) is 0 Å². The van der Waals surface area contributed by atoms with Gasteiger partial charge in [0.1, 0.15) is 6.04 Å². The minimum absolute atomic E-state index is 0.283. The molecule has 0 radical (unpaired) electrons. The summed E-state index contributed by atoms with van der Waals surface area (Å²) in [6.45, 7) is 2.08. The maximum Gasteiger partial charge on any atom is 0.320 e. The molecule has 0 aliphatic rings. The Morgan fingerprint density at radius 2 is 1.70 bits per heavy atom. The number of carbonyl (C=O) groups is 1. The first kappa shape index (κ1) is 22.2. The Labute approximate surface area is 193 Å². The second-order valence-electron chi connectivity index (χ2n) is 8.05. The molecule has 0 spiro atoms. The molecule has 0 bridgehead atoms. The molecular weight excluding hydrogens is 412 g/mol. The van der Waals surface area contributed by atoms with Crippen molar-refractivity contribution < 1.29 is 9.90 Å². The van der Waals surface area contributed by atoms with Crippen LogP contribution in [0.3, 0.4) is 0 Å². The van der Waals surface area contributed by atoms with Gasteiger partial charge in [0.25, 0.3) is 0 Å². The number of carboxylic acids is 1. The highest BCUT2D eigenvalue weighted by molar-refractivity contribution is 5.82. The number of nitrogens with zero attached hydrogens (tertiary/aromatic N) is 3. The van der Waals surface area contributed by atoms with Crippen LogP contribution >= 0.6 is 0 Å². The SMILES string of the molecule is Cc1ccc(-c2ccccc2)c(N(C)c2cnc(-c3ccc(C[C@H](N)C(=O)O)cc3)cn2)c1. The van der Waals surface area contributed by atoms with Crippen LogP contribution in [0.5, 0.6) is 0 Å². The van der Waals surface area contributed by atoms with E-state index in [9.17, 15) is 4.79 Å². The Morgan fingerprint density at radius 1 is 0.970 bits per heavy atom. The lowest BCUT2D eigenvalue weighted by Crippen LogP contribution is -2.32. The number of carboxylic acid groups (broad SMARTS) is 1. The van der Waals surface area contributed by atoms with Crippen molar-refractivity contribution in [2.75, 3.05) is 11.9 Å². The molecule has 0 amide bonds. The van der Waals surface area contributed by atoms with Crippen LogP contribution in [-0.2, 0) is 11.2 Å². The Balaban J connectivity index is 1.57. The number of nitrogens with two attached hydrogens (primary N) is 1. The zero-order valence-electron chi connectivity index (χ0n) is 18.6. The van der Waals surface area contributed by atoms with E-state index in [2.05, 4.69) is 47.2 Å². The predicted molar refractivity (Wildman–Crippen MR) is 131 cm³/mol. The second kappa shape index (κ2) is 9.63. The lowest BCUT2D eigenvalue weighted by Gasteiger charge is -2.22. The lowest BCUT2D eigenvalue weighted by molar-refractivity contribution is -0.138. The van der Waals surface area contributed by atoms with Crippen LogP contribution in [0.2, 0.25) is 0 Å². The standard InChI is InChI=1S/C27H26N4O2/c1-18-8-13-22(20-6-4-3-5-7-20)25(14-18)31(2)26-17-29-24(16-30-26)21-11-9-19(10-12-21)15-23(28)27(32)33/h3-14,16-17,23H,15,28H2,1-2H3,(H,32,33)/t23-/m0/s1. The Morgan fingerprint density at radius 3 is 2.33 bits per heavy atom. The van der Waals surface area contributed by atoms with Crippen molar-refractivity contribution >= 4 is 17.5 Å². The molecule has 4 rings (SSSR count). The highest BCUT2D eigenvalue weighted by Crippen LogP contribution is 2.34. The number of hydrogen-bond donors (Lipinski definition) is 2. The summed E-state index contributed by atoms with van der Waals surface area (Å²) in [5.41, 5.74) is 12.6. The molecule has 4 aromatic rings. The van der Waals surface area contributed by atoms with Crippen LogP contribution in [0, 0.1) is 6.92 Å². The van der Waals surface area contributed by atoms with Gasteiger partial charge < -0.3 is 15.7 Å². The monoisotopic (exact) mass is 438 g/mol. The molecule has 166 valence electrons. The van der Waals surface area contributed by atoms with Crippen molar-refractivity contribution in [3.05, 3.63) is 96.3 Å². The van der Waals surface area contributed by atoms with Crippen molar-refractivity contribution in [3.8, 4) is 22.4 Å². The van der Waals surface area contributed by atoms with Gasteiger partial charge in [0.2, 0.25) is 0 Å². The molecule has 3 N–H and O–H groups in total. The van der Waals surface area contributed by atoms with E-state index < -0.39 is 12.0 Å². The summed E-state index contributed by atoms with van der Waals surface area (Å²) in [6.07, 6.45) is 3.80. The van der Waals surface area contributed by atoms with Gasteiger partial charge in [-0.3, -0.25) is 9.78 Å². The predicted octanol–water partition coefficient (Wildman–Crippen LogP) is 4.84. The van der Waals surface area contributed by atoms with Crippen LogP contribution in [0.1, 0.15) is 11.1 Å². The lowest BCUT2D eigenvalue weighted by atomic mass is 10.0.